The quantitative estimate of drug-likeness (QED) is 0.469. The molecule has 9 nitrogen and oxygen atoms in total. The van der Waals surface area contributed by atoms with Gasteiger partial charge in [-0.2, -0.15) is 17.6 Å². The molecule has 0 spiro atoms. The number of amides is 1. The number of nitrogens with zero attached hydrogens (tertiary/aromatic N) is 6. The van der Waals surface area contributed by atoms with Gasteiger partial charge in [0.15, 0.2) is 11.7 Å². The van der Waals surface area contributed by atoms with E-state index < -0.39 is 39.8 Å². The van der Waals surface area contributed by atoms with Gasteiger partial charge in [0.25, 0.3) is 0 Å². The van der Waals surface area contributed by atoms with E-state index in [1.54, 1.807) is 11.1 Å². The molecule has 0 radical (unpaired) electrons. The lowest BCUT2D eigenvalue weighted by Crippen LogP contribution is -2.44. The zero-order chi connectivity index (χ0) is 26.5. The minimum absolute atomic E-state index is 0.00307. The number of rotatable bonds is 4. The molecule has 37 heavy (non-hydrogen) atoms. The maximum atomic E-state index is 14.1. The van der Waals surface area contributed by atoms with E-state index in [0.717, 1.165) is 18.9 Å². The number of aryl methyl sites for hydroxylation is 1. The van der Waals surface area contributed by atoms with Crippen LogP contribution in [-0.4, -0.2) is 70.1 Å². The van der Waals surface area contributed by atoms with Gasteiger partial charge in [-0.15, -0.1) is 5.10 Å². The van der Waals surface area contributed by atoms with Gasteiger partial charge in [-0.25, -0.2) is 22.9 Å². The van der Waals surface area contributed by atoms with Crippen LogP contribution in [0.25, 0.3) is 5.65 Å². The average molecular weight is 541 g/mol. The maximum absolute atomic E-state index is 14.1. The smallest absolute Gasteiger partial charge is 0.330 e. The Labute approximate surface area is 210 Å². The van der Waals surface area contributed by atoms with Crippen LogP contribution in [0, 0.1) is 11.9 Å². The molecule has 0 aromatic carbocycles. The van der Waals surface area contributed by atoms with E-state index >= 15 is 0 Å². The van der Waals surface area contributed by atoms with E-state index in [1.165, 1.54) is 22.7 Å². The number of carbonyl (C=O) groups excluding carboxylic acids is 1. The molecule has 1 atom stereocenters. The summed E-state index contributed by atoms with van der Waals surface area (Å²) in [6.07, 6.45) is -0.795. The van der Waals surface area contributed by atoms with Gasteiger partial charge in [-0.1, -0.05) is 6.07 Å². The van der Waals surface area contributed by atoms with Crippen LogP contribution in [0.2, 0.25) is 0 Å². The molecule has 3 aromatic heterocycles. The number of hydrogen-bond acceptors (Lipinski definition) is 7. The van der Waals surface area contributed by atoms with Crippen LogP contribution in [0.5, 0.6) is 0 Å². The number of sulfone groups is 1. The van der Waals surface area contributed by atoms with E-state index in [2.05, 4.69) is 15.1 Å². The highest BCUT2D eigenvalue weighted by atomic mass is 32.2. The molecule has 14 heteroatoms. The van der Waals surface area contributed by atoms with Gasteiger partial charge >= 0.3 is 6.18 Å². The highest BCUT2D eigenvalue weighted by molar-refractivity contribution is 7.91. The predicted octanol–water partition coefficient (Wildman–Crippen LogP) is 3.23. The summed E-state index contributed by atoms with van der Waals surface area (Å²) < 4.78 is 80.8. The molecule has 0 N–H and O–H groups in total. The van der Waals surface area contributed by atoms with Crippen LogP contribution in [0.1, 0.15) is 36.6 Å². The number of carbonyl (C=O) groups is 1. The van der Waals surface area contributed by atoms with Crippen LogP contribution in [0.4, 0.5) is 29.1 Å². The number of aromatic nitrogens is 4. The molecule has 0 aliphatic carbocycles. The molecule has 1 saturated heterocycles. The third-order valence-electron chi connectivity index (χ3n) is 6.93. The van der Waals surface area contributed by atoms with Crippen molar-refractivity contribution in [2.45, 2.75) is 37.9 Å². The normalized spacial score (nSPS) is 19.0. The van der Waals surface area contributed by atoms with Crippen molar-refractivity contribution in [2.75, 3.05) is 30.0 Å². The maximum Gasteiger partial charge on any atom is 0.413 e. The minimum atomic E-state index is -4.77. The number of fused-ring (bicyclic) bond motifs is 3. The summed E-state index contributed by atoms with van der Waals surface area (Å²) in [5, 5.41) is 3.85. The molecule has 2 aliphatic rings. The zero-order valence-corrected chi connectivity index (χ0v) is 20.6. The highest BCUT2D eigenvalue weighted by Crippen LogP contribution is 2.39. The van der Waals surface area contributed by atoms with Crippen LogP contribution in [-0.2, 0) is 21.1 Å². The number of anilines is 2. The van der Waals surface area contributed by atoms with Gasteiger partial charge in [0.05, 0.1) is 29.1 Å². The third kappa shape index (κ3) is 4.86. The Morgan fingerprint density at radius 2 is 1.89 bits per heavy atom. The molecule has 2 aliphatic heterocycles. The molecule has 1 amide bonds. The van der Waals surface area contributed by atoms with Crippen molar-refractivity contribution in [3.63, 3.8) is 0 Å². The van der Waals surface area contributed by atoms with Crippen molar-refractivity contribution in [2.24, 2.45) is 5.92 Å². The SMILES string of the molecule is CN(C(=O)C1CCS(=O)(=O)CC1)[C@@H](c1ccc(N2CCCc3c2cnc2cc(F)nn32)nc1)C(F)(F)F. The van der Waals surface area contributed by atoms with Crippen molar-refractivity contribution >= 4 is 32.9 Å². The van der Waals surface area contributed by atoms with Crippen LogP contribution < -0.4 is 4.90 Å². The van der Waals surface area contributed by atoms with Crippen LogP contribution in [0.3, 0.4) is 0 Å². The molecular formula is C23H24F4N6O3S. The van der Waals surface area contributed by atoms with Crippen LogP contribution >= 0.6 is 0 Å². The lowest BCUT2D eigenvalue weighted by Gasteiger charge is -2.34. The first-order valence-corrected chi connectivity index (χ1v) is 13.6. The van der Waals surface area contributed by atoms with Gasteiger partial charge in [-0.05, 0) is 31.7 Å². The molecule has 3 aromatic rings. The van der Waals surface area contributed by atoms with Crippen LogP contribution in [0.15, 0.2) is 30.6 Å². The van der Waals surface area contributed by atoms with E-state index in [-0.39, 0.29) is 29.9 Å². The second-order valence-electron chi connectivity index (χ2n) is 9.35. The minimum Gasteiger partial charge on any atom is -0.330 e. The van der Waals surface area contributed by atoms with E-state index in [0.29, 0.717) is 41.4 Å². The molecular weight excluding hydrogens is 516 g/mol. The largest absolute Gasteiger partial charge is 0.413 e. The molecule has 0 saturated carbocycles. The standard InChI is InChI=1S/C23H24F4N6O3S/c1-31(22(34)14-6-9-37(35,36)10-7-14)21(23(25,26)27)15-4-5-19(28-12-15)32-8-2-3-16-17(32)13-29-20-11-18(24)30-33(16)20/h4-5,11-14,21H,2-3,6-10H2,1H3/t21-/m0/s1. The van der Waals surface area contributed by atoms with Gasteiger partial charge < -0.3 is 9.80 Å². The number of halogens is 4. The Bertz CT molecular complexity index is 1430. The van der Waals surface area contributed by atoms with Gasteiger partial charge in [0.2, 0.25) is 11.9 Å². The van der Waals surface area contributed by atoms with Gasteiger partial charge in [0.1, 0.15) is 15.7 Å². The van der Waals surface area contributed by atoms with E-state index in [9.17, 15) is 30.8 Å². The lowest BCUT2D eigenvalue weighted by molar-refractivity contribution is -0.190. The summed E-state index contributed by atoms with van der Waals surface area (Å²) in [5.74, 6) is -2.24. The topological polar surface area (TPSA) is 101 Å². The predicted molar refractivity (Wildman–Crippen MR) is 125 cm³/mol. The third-order valence-corrected chi connectivity index (χ3v) is 8.64. The molecule has 5 rings (SSSR count). The van der Waals surface area contributed by atoms with Crippen molar-refractivity contribution in [1.29, 1.82) is 0 Å². The second-order valence-corrected chi connectivity index (χ2v) is 11.7. The number of alkyl halides is 3. The Hall–Kier alpha value is -3.29. The lowest BCUT2D eigenvalue weighted by atomic mass is 9.98. The number of hydrogen-bond donors (Lipinski definition) is 0. The Kier molecular flexibility index (Phi) is 6.32. The summed E-state index contributed by atoms with van der Waals surface area (Å²) >= 11 is 0. The molecule has 198 valence electrons. The average Bonchev–Trinajstić information content (AvgIpc) is 3.24. The molecule has 0 bridgehead atoms. The fourth-order valence-electron chi connectivity index (χ4n) is 5.07. The van der Waals surface area contributed by atoms with Crippen molar-refractivity contribution in [3.8, 4) is 0 Å². The summed E-state index contributed by atoms with van der Waals surface area (Å²) in [4.78, 5) is 23.8. The van der Waals surface area contributed by atoms with Gasteiger partial charge in [0, 0.05) is 37.3 Å². The van der Waals surface area contributed by atoms with E-state index in [4.69, 9.17) is 0 Å². The monoisotopic (exact) mass is 540 g/mol. The number of pyridine rings is 1. The first kappa shape index (κ1) is 25.4. The van der Waals surface area contributed by atoms with Gasteiger partial charge in [-0.3, -0.25) is 4.79 Å². The first-order valence-electron chi connectivity index (χ1n) is 11.7. The summed E-state index contributed by atoms with van der Waals surface area (Å²) in [6, 6.07) is 1.71. The van der Waals surface area contributed by atoms with E-state index in [1.807, 2.05) is 0 Å². The Morgan fingerprint density at radius 1 is 1.16 bits per heavy atom. The van der Waals surface area contributed by atoms with Crippen molar-refractivity contribution in [3.05, 3.63) is 47.8 Å². The fraction of sp³-hybridized carbons (Fsp3) is 0.478. The first-order chi connectivity index (χ1) is 17.4. The Balaban J connectivity index is 1.41. The van der Waals surface area contributed by atoms with Crippen molar-refractivity contribution in [1.82, 2.24) is 24.5 Å². The fourth-order valence-corrected chi connectivity index (χ4v) is 6.56. The zero-order valence-electron chi connectivity index (χ0n) is 19.8. The summed E-state index contributed by atoms with van der Waals surface area (Å²) in [5.41, 5.74) is 1.50. The highest BCUT2D eigenvalue weighted by Gasteiger charge is 2.47. The summed E-state index contributed by atoms with van der Waals surface area (Å²) in [6.45, 7) is 0.530. The molecule has 5 heterocycles. The Morgan fingerprint density at radius 3 is 2.54 bits per heavy atom. The summed E-state index contributed by atoms with van der Waals surface area (Å²) in [7, 11) is -2.18. The second kappa shape index (κ2) is 9.23. The molecule has 1 fully saturated rings. The van der Waals surface area contributed by atoms with Crippen molar-refractivity contribution < 1.29 is 30.8 Å². The molecule has 0 unspecified atom stereocenters.